The Morgan fingerprint density at radius 3 is 2.50 bits per heavy atom. The largest absolute Gasteiger partial charge is 0.0813 e. The average molecular weight is 272 g/mol. The van der Waals surface area contributed by atoms with Gasteiger partial charge < -0.3 is 0 Å². The maximum absolute atomic E-state index is 2.36. The summed E-state index contributed by atoms with van der Waals surface area (Å²) in [5.41, 5.74) is 1.31. The van der Waals surface area contributed by atoms with E-state index in [1.807, 2.05) is 0 Å². The Morgan fingerprint density at radius 1 is 1.25 bits per heavy atom. The molecule has 0 amide bonds. The number of hydrogen-bond acceptors (Lipinski definition) is 0. The zero-order valence-corrected chi connectivity index (χ0v) is 9.58. The van der Waals surface area contributed by atoms with Crippen LogP contribution in [0.3, 0.4) is 0 Å². The van der Waals surface area contributed by atoms with E-state index in [2.05, 4.69) is 72.9 Å². The van der Waals surface area contributed by atoms with Gasteiger partial charge in [-0.15, -0.1) is 0 Å². The number of allylic oxidation sites excluding steroid dienone is 1. The molecule has 0 saturated heterocycles. The van der Waals surface area contributed by atoms with Crippen LogP contribution in [-0.4, -0.2) is 0 Å². The van der Waals surface area contributed by atoms with Crippen LogP contribution in [0.2, 0.25) is 0 Å². The second kappa shape index (κ2) is 4.65. The van der Waals surface area contributed by atoms with E-state index >= 15 is 0 Å². The molecule has 0 radical (unpaired) electrons. The van der Waals surface area contributed by atoms with Crippen molar-refractivity contribution in [1.29, 1.82) is 0 Å². The summed E-state index contributed by atoms with van der Waals surface area (Å²) in [5.74, 6) is 0.626. The number of halogens is 1. The van der Waals surface area contributed by atoms with Gasteiger partial charge in [-0.3, -0.25) is 0 Å². The second-order valence-electron chi connectivity index (χ2n) is 3.12. The van der Waals surface area contributed by atoms with Crippen LogP contribution in [0.15, 0.2) is 30.3 Å². The van der Waals surface area contributed by atoms with E-state index in [-0.39, 0.29) is 0 Å². The molecule has 1 rings (SSSR count). The van der Waals surface area contributed by atoms with Crippen LogP contribution in [0.5, 0.6) is 0 Å². The Balaban J connectivity index is 2.82. The molecule has 0 fully saturated rings. The van der Waals surface area contributed by atoms with Crippen molar-refractivity contribution in [3.8, 4) is 0 Å². The highest BCUT2D eigenvalue weighted by Gasteiger charge is 1.92. The molecule has 0 unspecified atom stereocenters. The molecule has 1 aromatic rings. The maximum atomic E-state index is 2.36. The summed E-state index contributed by atoms with van der Waals surface area (Å²) in [4.78, 5) is 0. The van der Waals surface area contributed by atoms with Gasteiger partial charge in [0.25, 0.3) is 0 Å². The predicted molar refractivity (Wildman–Crippen MR) is 63.0 cm³/mol. The molecule has 0 saturated carbocycles. The Morgan fingerprint density at radius 2 is 1.92 bits per heavy atom. The SMILES string of the molecule is CC(C)C=Cc1ccccc1I. The van der Waals surface area contributed by atoms with Gasteiger partial charge in [-0.25, -0.2) is 0 Å². The lowest BCUT2D eigenvalue weighted by Crippen LogP contribution is -1.80. The molecule has 0 aromatic heterocycles. The van der Waals surface area contributed by atoms with Crippen molar-refractivity contribution < 1.29 is 0 Å². The lowest BCUT2D eigenvalue weighted by atomic mass is 10.1. The van der Waals surface area contributed by atoms with Gasteiger partial charge >= 0.3 is 0 Å². The predicted octanol–water partition coefficient (Wildman–Crippen LogP) is 3.96. The van der Waals surface area contributed by atoms with Crippen molar-refractivity contribution in [3.05, 3.63) is 39.5 Å². The molecule has 0 atom stereocenters. The van der Waals surface area contributed by atoms with Crippen molar-refractivity contribution >= 4 is 28.7 Å². The fraction of sp³-hybridized carbons (Fsp3) is 0.273. The topological polar surface area (TPSA) is 0 Å². The van der Waals surface area contributed by atoms with Gasteiger partial charge in [-0.2, -0.15) is 0 Å². The standard InChI is InChI=1S/C11H13I/c1-9(2)7-8-10-5-3-4-6-11(10)12/h3-9H,1-2H3. The van der Waals surface area contributed by atoms with Gasteiger partial charge in [0.2, 0.25) is 0 Å². The molecule has 64 valence electrons. The maximum Gasteiger partial charge on any atom is 0.0202 e. The first-order valence-electron chi connectivity index (χ1n) is 4.13. The van der Waals surface area contributed by atoms with E-state index in [1.54, 1.807) is 0 Å². The number of benzene rings is 1. The van der Waals surface area contributed by atoms with Crippen molar-refractivity contribution in [1.82, 2.24) is 0 Å². The number of rotatable bonds is 2. The smallest absolute Gasteiger partial charge is 0.0202 e. The van der Waals surface area contributed by atoms with Crippen LogP contribution in [0.25, 0.3) is 6.08 Å². The van der Waals surface area contributed by atoms with Crippen molar-refractivity contribution in [3.63, 3.8) is 0 Å². The van der Waals surface area contributed by atoms with E-state index in [4.69, 9.17) is 0 Å². The van der Waals surface area contributed by atoms with Crippen LogP contribution in [-0.2, 0) is 0 Å². The minimum Gasteiger partial charge on any atom is -0.0813 e. The molecule has 0 heterocycles. The Hall–Kier alpha value is -0.310. The minimum atomic E-state index is 0.626. The number of hydrogen-bond donors (Lipinski definition) is 0. The molecule has 1 aromatic carbocycles. The van der Waals surface area contributed by atoms with Gasteiger partial charge in [-0.1, -0.05) is 44.2 Å². The summed E-state index contributed by atoms with van der Waals surface area (Å²) in [6.07, 6.45) is 4.41. The van der Waals surface area contributed by atoms with E-state index in [0.29, 0.717) is 5.92 Å². The highest BCUT2D eigenvalue weighted by atomic mass is 127. The molecule has 0 aliphatic heterocycles. The molecule has 0 aliphatic rings. The third-order valence-corrected chi connectivity index (χ3v) is 2.55. The Labute approximate surface area is 87.8 Å². The summed E-state index contributed by atoms with van der Waals surface area (Å²) in [6, 6.07) is 8.40. The zero-order valence-electron chi connectivity index (χ0n) is 7.42. The molecule has 0 N–H and O–H groups in total. The molecule has 1 heteroatoms. The van der Waals surface area contributed by atoms with Gasteiger partial charge in [0.15, 0.2) is 0 Å². The first kappa shape index (κ1) is 9.78. The fourth-order valence-electron chi connectivity index (χ4n) is 0.906. The normalized spacial score (nSPS) is 11.3. The summed E-state index contributed by atoms with van der Waals surface area (Å²) in [5, 5.41) is 0. The molecule has 0 nitrogen and oxygen atoms in total. The second-order valence-corrected chi connectivity index (χ2v) is 4.29. The van der Waals surface area contributed by atoms with Crippen LogP contribution < -0.4 is 0 Å². The van der Waals surface area contributed by atoms with E-state index < -0.39 is 0 Å². The lowest BCUT2D eigenvalue weighted by molar-refractivity contribution is 0.836. The third kappa shape index (κ3) is 2.97. The van der Waals surface area contributed by atoms with Gasteiger partial charge in [0.1, 0.15) is 0 Å². The molecule has 12 heavy (non-hydrogen) atoms. The first-order valence-corrected chi connectivity index (χ1v) is 5.21. The molecular formula is C11H13I. The van der Waals surface area contributed by atoms with Crippen LogP contribution in [0.4, 0.5) is 0 Å². The zero-order chi connectivity index (χ0) is 8.97. The molecule has 0 aliphatic carbocycles. The van der Waals surface area contributed by atoms with E-state index in [9.17, 15) is 0 Å². The Kier molecular flexibility index (Phi) is 3.79. The summed E-state index contributed by atoms with van der Waals surface area (Å²) >= 11 is 2.36. The summed E-state index contributed by atoms with van der Waals surface area (Å²) in [6.45, 7) is 4.37. The van der Waals surface area contributed by atoms with Crippen LogP contribution >= 0.6 is 22.6 Å². The fourth-order valence-corrected chi connectivity index (χ4v) is 1.47. The van der Waals surface area contributed by atoms with Gasteiger partial charge in [0.05, 0.1) is 0 Å². The third-order valence-electron chi connectivity index (χ3n) is 1.57. The van der Waals surface area contributed by atoms with Crippen LogP contribution in [0.1, 0.15) is 19.4 Å². The molecular weight excluding hydrogens is 259 g/mol. The van der Waals surface area contributed by atoms with Gasteiger partial charge in [-0.05, 0) is 40.1 Å². The lowest BCUT2D eigenvalue weighted by Gasteiger charge is -1.98. The summed E-state index contributed by atoms with van der Waals surface area (Å²) in [7, 11) is 0. The minimum absolute atomic E-state index is 0.626. The summed E-state index contributed by atoms with van der Waals surface area (Å²) < 4.78 is 1.31. The van der Waals surface area contributed by atoms with E-state index in [1.165, 1.54) is 9.13 Å². The average Bonchev–Trinajstić information content (AvgIpc) is 2.03. The van der Waals surface area contributed by atoms with Crippen molar-refractivity contribution in [2.45, 2.75) is 13.8 Å². The van der Waals surface area contributed by atoms with E-state index in [0.717, 1.165) is 0 Å². The van der Waals surface area contributed by atoms with Crippen molar-refractivity contribution in [2.75, 3.05) is 0 Å². The quantitative estimate of drug-likeness (QED) is 0.715. The Bertz CT molecular complexity index is 274. The monoisotopic (exact) mass is 272 g/mol. The van der Waals surface area contributed by atoms with Crippen molar-refractivity contribution in [2.24, 2.45) is 5.92 Å². The van der Waals surface area contributed by atoms with Gasteiger partial charge in [0, 0.05) is 3.57 Å². The first-order chi connectivity index (χ1) is 5.70. The highest BCUT2D eigenvalue weighted by molar-refractivity contribution is 14.1. The molecule has 0 bridgehead atoms. The van der Waals surface area contributed by atoms with Crippen LogP contribution in [0, 0.1) is 9.49 Å². The highest BCUT2D eigenvalue weighted by Crippen LogP contribution is 2.13. The molecule has 0 spiro atoms.